The van der Waals surface area contributed by atoms with Crippen molar-refractivity contribution in [1.29, 1.82) is 0 Å². The second kappa shape index (κ2) is 9.43. The molecule has 3 aromatic carbocycles. The minimum Gasteiger partial charge on any atom is -0.494 e. The van der Waals surface area contributed by atoms with Gasteiger partial charge in [-0.2, -0.15) is 0 Å². The lowest BCUT2D eigenvalue weighted by molar-refractivity contribution is 0.102. The Balaban J connectivity index is 1.52. The second-order valence-electron chi connectivity index (χ2n) is 6.02. The Hall–Kier alpha value is -3.27. The highest BCUT2D eigenvalue weighted by molar-refractivity contribution is 6.04. The molecular formula is C23H23NO3. The van der Waals surface area contributed by atoms with Crippen LogP contribution in [0.5, 0.6) is 11.5 Å². The third kappa shape index (κ3) is 5.61. The van der Waals surface area contributed by atoms with E-state index in [9.17, 15) is 4.79 Å². The van der Waals surface area contributed by atoms with E-state index in [0.29, 0.717) is 24.5 Å². The van der Waals surface area contributed by atoms with Gasteiger partial charge in [-0.15, -0.1) is 0 Å². The first-order valence-electron chi connectivity index (χ1n) is 9.05. The Bertz CT molecular complexity index is 860. The van der Waals surface area contributed by atoms with E-state index in [-0.39, 0.29) is 5.91 Å². The summed E-state index contributed by atoms with van der Waals surface area (Å²) < 4.78 is 11.2. The van der Waals surface area contributed by atoms with Crippen molar-refractivity contribution in [3.05, 3.63) is 90.0 Å². The van der Waals surface area contributed by atoms with Crippen LogP contribution in [0.25, 0.3) is 0 Å². The molecule has 0 fully saturated rings. The fourth-order valence-corrected chi connectivity index (χ4v) is 2.66. The van der Waals surface area contributed by atoms with Crippen LogP contribution >= 0.6 is 0 Å². The molecule has 0 unspecified atom stereocenters. The quantitative estimate of drug-likeness (QED) is 0.617. The van der Waals surface area contributed by atoms with Crippen molar-refractivity contribution in [3.63, 3.8) is 0 Å². The molecule has 0 atom stereocenters. The van der Waals surface area contributed by atoms with Gasteiger partial charge in [0.1, 0.15) is 11.5 Å². The van der Waals surface area contributed by atoms with Crippen molar-refractivity contribution in [2.45, 2.75) is 13.3 Å². The molecule has 0 bridgehead atoms. The van der Waals surface area contributed by atoms with Crippen molar-refractivity contribution >= 4 is 11.6 Å². The fourth-order valence-electron chi connectivity index (χ4n) is 2.66. The van der Waals surface area contributed by atoms with Crippen LogP contribution < -0.4 is 14.8 Å². The Morgan fingerprint density at radius 2 is 1.63 bits per heavy atom. The van der Waals surface area contributed by atoms with Gasteiger partial charge in [0.2, 0.25) is 0 Å². The van der Waals surface area contributed by atoms with Crippen LogP contribution in [0.3, 0.4) is 0 Å². The highest BCUT2D eigenvalue weighted by atomic mass is 16.5. The molecule has 27 heavy (non-hydrogen) atoms. The number of ether oxygens (including phenoxy) is 2. The molecule has 3 rings (SSSR count). The first-order chi connectivity index (χ1) is 13.2. The summed E-state index contributed by atoms with van der Waals surface area (Å²) in [5, 5.41) is 2.89. The average molecular weight is 361 g/mol. The number of hydrogen-bond donors (Lipinski definition) is 1. The summed E-state index contributed by atoms with van der Waals surface area (Å²) >= 11 is 0. The largest absolute Gasteiger partial charge is 0.494 e. The number of anilines is 1. The zero-order valence-corrected chi connectivity index (χ0v) is 15.4. The van der Waals surface area contributed by atoms with E-state index in [4.69, 9.17) is 9.47 Å². The van der Waals surface area contributed by atoms with Crippen molar-refractivity contribution in [3.8, 4) is 11.5 Å². The maximum Gasteiger partial charge on any atom is 0.255 e. The van der Waals surface area contributed by atoms with E-state index in [1.54, 1.807) is 12.1 Å². The lowest BCUT2D eigenvalue weighted by Gasteiger charge is -2.09. The summed E-state index contributed by atoms with van der Waals surface area (Å²) in [4.78, 5) is 12.4. The molecule has 0 saturated carbocycles. The van der Waals surface area contributed by atoms with E-state index >= 15 is 0 Å². The number of rotatable bonds is 8. The molecule has 138 valence electrons. The first kappa shape index (κ1) is 18.5. The van der Waals surface area contributed by atoms with E-state index in [2.05, 4.69) is 17.4 Å². The molecule has 0 saturated heterocycles. The van der Waals surface area contributed by atoms with Crippen molar-refractivity contribution in [2.24, 2.45) is 0 Å². The van der Waals surface area contributed by atoms with Crippen LogP contribution in [-0.4, -0.2) is 19.1 Å². The van der Waals surface area contributed by atoms with Gasteiger partial charge in [0.15, 0.2) is 0 Å². The van der Waals surface area contributed by atoms with Gasteiger partial charge in [0.25, 0.3) is 5.91 Å². The number of nitrogens with one attached hydrogen (secondary N) is 1. The Labute approximate surface area is 159 Å². The number of carbonyl (C=O) groups is 1. The predicted octanol–water partition coefficient (Wildman–Crippen LogP) is 4.96. The molecule has 3 aromatic rings. The number of benzene rings is 3. The van der Waals surface area contributed by atoms with Crippen LogP contribution in [0.1, 0.15) is 22.8 Å². The third-order valence-electron chi connectivity index (χ3n) is 4.02. The Morgan fingerprint density at radius 1 is 0.852 bits per heavy atom. The lowest BCUT2D eigenvalue weighted by Crippen LogP contribution is -2.12. The first-order valence-corrected chi connectivity index (χ1v) is 9.05. The van der Waals surface area contributed by atoms with Crippen LogP contribution in [0, 0.1) is 0 Å². The maximum absolute atomic E-state index is 12.4. The van der Waals surface area contributed by atoms with E-state index in [1.165, 1.54) is 5.56 Å². The molecule has 0 heterocycles. The SMILES string of the molecule is CCOc1cccc(C(=O)Nc2ccc(OCCc3ccccc3)cc2)c1. The molecule has 0 aliphatic rings. The molecular weight excluding hydrogens is 338 g/mol. The van der Waals surface area contributed by atoms with Crippen LogP contribution in [0.15, 0.2) is 78.9 Å². The molecule has 1 N–H and O–H groups in total. The second-order valence-corrected chi connectivity index (χ2v) is 6.02. The number of hydrogen-bond acceptors (Lipinski definition) is 3. The van der Waals surface area contributed by atoms with Crippen molar-refractivity contribution in [1.82, 2.24) is 0 Å². The van der Waals surface area contributed by atoms with Gasteiger partial charge in [-0.25, -0.2) is 0 Å². The van der Waals surface area contributed by atoms with Crippen molar-refractivity contribution < 1.29 is 14.3 Å². The van der Waals surface area contributed by atoms with Crippen LogP contribution in [0.2, 0.25) is 0 Å². The van der Waals surface area contributed by atoms with Gasteiger partial charge < -0.3 is 14.8 Å². The lowest BCUT2D eigenvalue weighted by atomic mass is 10.2. The van der Waals surface area contributed by atoms with E-state index < -0.39 is 0 Å². The average Bonchev–Trinajstić information content (AvgIpc) is 2.71. The topological polar surface area (TPSA) is 47.6 Å². The standard InChI is InChI=1S/C23H23NO3/c1-2-26-22-10-6-9-19(17-22)23(25)24-20-11-13-21(14-12-20)27-16-15-18-7-4-3-5-8-18/h3-14,17H,2,15-16H2,1H3,(H,24,25). The van der Waals surface area contributed by atoms with Gasteiger partial charge in [-0.05, 0) is 55.0 Å². The molecule has 0 aliphatic carbocycles. The molecule has 1 amide bonds. The summed E-state index contributed by atoms with van der Waals surface area (Å²) in [6.45, 7) is 3.09. The highest BCUT2D eigenvalue weighted by Crippen LogP contribution is 2.18. The molecule has 0 spiro atoms. The van der Waals surface area contributed by atoms with E-state index in [1.807, 2.05) is 61.5 Å². The molecule has 4 heteroatoms. The summed E-state index contributed by atoms with van der Waals surface area (Å²) in [7, 11) is 0. The zero-order chi connectivity index (χ0) is 18.9. The van der Waals surface area contributed by atoms with Gasteiger partial charge in [-0.1, -0.05) is 36.4 Å². The molecule has 0 aliphatic heterocycles. The molecule has 0 radical (unpaired) electrons. The Morgan fingerprint density at radius 3 is 2.37 bits per heavy atom. The molecule has 4 nitrogen and oxygen atoms in total. The van der Waals surface area contributed by atoms with E-state index in [0.717, 1.165) is 17.9 Å². The number of carbonyl (C=O) groups excluding carboxylic acids is 1. The summed E-state index contributed by atoms with van der Waals surface area (Å²) in [6, 6.07) is 24.8. The normalized spacial score (nSPS) is 10.3. The maximum atomic E-state index is 12.4. The Kier molecular flexibility index (Phi) is 6.47. The highest BCUT2D eigenvalue weighted by Gasteiger charge is 2.07. The smallest absolute Gasteiger partial charge is 0.255 e. The summed E-state index contributed by atoms with van der Waals surface area (Å²) in [5.41, 5.74) is 2.53. The summed E-state index contributed by atoms with van der Waals surface area (Å²) in [5.74, 6) is 1.30. The number of amides is 1. The van der Waals surface area contributed by atoms with Crippen LogP contribution in [0.4, 0.5) is 5.69 Å². The predicted molar refractivity (Wildman–Crippen MR) is 108 cm³/mol. The minimum atomic E-state index is -0.172. The van der Waals surface area contributed by atoms with Gasteiger partial charge in [0, 0.05) is 17.7 Å². The third-order valence-corrected chi connectivity index (χ3v) is 4.02. The van der Waals surface area contributed by atoms with Crippen LogP contribution in [-0.2, 0) is 6.42 Å². The minimum absolute atomic E-state index is 0.172. The van der Waals surface area contributed by atoms with Gasteiger partial charge in [0.05, 0.1) is 13.2 Å². The summed E-state index contributed by atoms with van der Waals surface area (Å²) in [6.07, 6.45) is 0.857. The van der Waals surface area contributed by atoms with Crippen molar-refractivity contribution in [2.75, 3.05) is 18.5 Å². The fraction of sp³-hybridized carbons (Fsp3) is 0.174. The van der Waals surface area contributed by atoms with Gasteiger partial charge >= 0.3 is 0 Å². The molecule has 0 aromatic heterocycles. The van der Waals surface area contributed by atoms with Gasteiger partial charge in [-0.3, -0.25) is 4.79 Å². The zero-order valence-electron chi connectivity index (χ0n) is 15.4. The monoisotopic (exact) mass is 361 g/mol.